The highest BCUT2D eigenvalue weighted by Crippen LogP contribution is 2.31. The fraction of sp³-hybridized carbons (Fsp3) is 0.360. The third-order valence-electron chi connectivity index (χ3n) is 5.86. The number of nitrogens with one attached hydrogen (secondary N) is 1. The molecule has 0 saturated heterocycles. The van der Waals surface area contributed by atoms with Gasteiger partial charge in [0.15, 0.2) is 11.6 Å². The normalized spacial score (nSPS) is 14.1. The van der Waals surface area contributed by atoms with E-state index in [4.69, 9.17) is 9.47 Å². The molecule has 0 saturated carbocycles. The second kappa shape index (κ2) is 12.2. The van der Waals surface area contributed by atoms with Crippen LogP contribution in [-0.4, -0.2) is 56.6 Å². The van der Waals surface area contributed by atoms with Gasteiger partial charge in [0, 0.05) is 50.2 Å². The van der Waals surface area contributed by atoms with Crippen molar-refractivity contribution in [1.29, 1.82) is 0 Å². The van der Waals surface area contributed by atoms with Crippen LogP contribution >= 0.6 is 24.8 Å². The number of likely N-dealkylation sites (N-methyl/N-ethyl adjacent to an activating group) is 1. The van der Waals surface area contributed by atoms with Crippen molar-refractivity contribution in [3.8, 4) is 11.6 Å². The summed E-state index contributed by atoms with van der Waals surface area (Å²) in [6, 6.07) is 10.7. The van der Waals surface area contributed by atoms with Crippen molar-refractivity contribution in [3.05, 3.63) is 69.8 Å². The first-order valence-electron chi connectivity index (χ1n) is 11.2. The molecule has 4 rings (SSSR count). The summed E-state index contributed by atoms with van der Waals surface area (Å²) >= 11 is 1.60. The Morgan fingerprint density at radius 3 is 2.77 bits per heavy atom. The second-order valence-corrected chi connectivity index (χ2v) is 9.15. The molecule has 1 atom stereocenters. The SMILES string of the molecule is CNCC[C@H](Oc1ccc(CN2CCN(C)c3cc(OC)ncc3C2=O)cc1F)c1cccs1.S. The quantitative estimate of drug-likeness (QED) is 0.458. The molecule has 1 aliphatic heterocycles. The highest BCUT2D eigenvalue weighted by molar-refractivity contribution is 7.59. The van der Waals surface area contributed by atoms with Gasteiger partial charge in [-0.3, -0.25) is 4.79 Å². The summed E-state index contributed by atoms with van der Waals surface area (Å²) in [4.78, 5) is 22.2. The number of carbonyl (C=O) groups excluding carboxylic acids is 1. The van der Waals surface area contributed by atoms with Gasteiger partial charge in [0.2, 0.25) is 5.88 Å². The van der Waals surface area contributed by atoms with Gasteiger partial charge in [0.05, 0.1) is 18.4 Å². The number of hydrogen-bond acceptors (Lipinski definition) is 7. The van der Waals surface area contributed by atoms with Crippen LogP contribution < -0.4 is 19.7 Å². The summed E-state index contributed by atoms with van der Waals surface area (Å²) in [5.41, 5.74) is 1.98. The van der Waals surface area contributed by atoms with Crippen molar-refractivity contribution >= 4 is 36.4 Å². The molecule has 3 aromatic rings. The number of anilines is 1. The topological polar surface area (TPSA) is 66.9 Å². The third-order valence-corrected chi connectivity index (χ3v) is 6.82. The number of thiophene rings is 1. The van der Waals surface area contributed by atoms with E-state index in [1.54, 1.807) is 41.7 Å². The lowest BCUT2D eigenvalue weighted by Crippen LogP contribution is -2.33. The molecule has 1 N–H and O–H groups in total. The van der Waals surface area contributed by atoms with Crippen molar-refractivity contribution in [2.24, 2.45) is 0 Å². The lowest BCUT2D eigenvalue weighted by atomic mass is 10.1. The first-order chi connectivity index (χ1) is 16.5. The number of halogens is 1. The first-order valence-corrected chi connectivity index (χ1v) is 12.1. The van der Waals surface area contributed by atoms with Crippen LogP contribution in [-0.2, 0) is 6.54 Å². The molecule has 0 radical (unpaired) electrons. The number of carbonyl (C=O) groups is 1. The Morgan fingerprint density at radius 1 is 1.26 bits per heavy atom. The minimum absolute atomic E-state index is 0. The number of benzene rings is 1. The lowest BCUT2D eigenvalue weighted by molar-refractivity contribution is 0.0754. The van der Waals surface area contributed by atoms with E-state index in [0.29, 0.717) is 36.6 Å². The Kier molecular flexibility index (Phi) is 9.36. The van der Waals surface area contributed by atoms with Gasteiger partial charge in [-0.2, -0.15) is 13.5 Å². The minimum Gasteiger partial charge on any atom is -0.482 e. The summed E-state index contributed by atoms with van der Waals surface area (Å²) in [6.07, 6.45) is 2.04. The van der Waals surface area contributed by atoms with Gasteiger partial charge in [0.25, 0.3) is 5.91 Å². The van der Waals surface area contributed by atoms with Crippen LogP contribution in [0.4, 0.5) is 10.1 Å². The van der Waals surface area contributed by atoms with E-state index >= 15 is 4.39 Å². The second-order valence-electron chi connectivity index (χ2n) is 8.17. The molecule has 7 nitrogen and oxygen atoms in total. The molecule has 2 aromatic heterocycles. The molecular weight excluding hydrogens is 487 g/mol. The van der Waals surface area contributed by atoms with Crippen LogP contribution in [0.25, 0.3) is 0 Å². The summed E-state index contributed by atoms with van der Waals surface area (Å²) in [5.74, 6) is 0.0941. The minimum atomic E-state index is -0.435. The fourth-order valence-electron chi connectivity index (χ4n) is 3.95. The van der Waals surface area contributed by atoms with Crippen molar-refractivity contribution in [1.82, 2.24) is 15.2 Å². The zero-order chi connectivity index (χ0) is 24.1. The van der Waals surface area contributed by atoms with Gasteiger partial charge in [-0.05, 0) is 42.7 Å². The molecule has 0 bridgehead atoms. The zero-order valence-electron chi connectivity index (χ0n) is 20.1. The van der Waals surface area contributed by atoms with Gasteiger partial charge in [-0.25, -0.2) is 9.37 Å². The summed E-state index contributed by atoms with van der Waals surface area (Å²) in [7, 11) is 5.36. The molecule has 35 heavy (non-hydrogen) atoms. The van der Waals surface area contributed by atoms with Crippen molar-refractivity contribution in [2.75, 3.05) is 45.7 Å². The number of rotatable bonds is 9. The molecule has 0 spiro atoms. The van der Waals surface area contributed by atoms with Gasteiger partial charge in [-0.1, -0.05) is 12.1 Å². The molecule has 0 aliphatic carbocycles. The molecule has 0 unspecified atom stereocenters. The van der Waals surface area contributed by atoms with Gasteiger partial charge in [0.1, 0.15) is 6.10 Å². The number of amides is 1. The highest BCUT2D eigenvalue weighted by atomic mass is 32.1. The average Bonchev–Trinajstić information content (AvgIpc) is 3.36. The number of pyridine rings is 1. The van der Waals surface area contributed by atoms with E-state index in [9.17, 15) is 4.79 Å². The van der Waals surface area contributed by atoms with Crippen LogP contribution in [0, 0.1) is 5.82 Å². The van der Waals surface area contributed by atoms with Crippen LogP contribution in [0.5, 0.6) is 11.6 Å². The van der Waals surface area contributed by atoms with Crippen molar-refractivity contribution < 1.29 is 18.7 Å². The molecule has 1 amide bonds. The number of aromatic nitrogens is 1. The van der Waals surface area contributed by atoms with E-state index in [2.05, 4.69) is 10.3 Å². The molecule has 1 aliphatic rings. The average molecular weight is 519 g/mol. The Balaban J connectivity index is 0.00000342. The number of hydrogen-bond donors (Lipinski definition) is 1. The number of nitrogens with zero attached hydrogens (tertiary/aromatic N) is 3. The fourth-order valence-corrected chi connectivity index (χ4v) is 4.74. The van der Waals surface area contributed by atoms with Crippen LogP contribution in [0.2, 0.25) is 0 Å². The van der Waals surface area contributed by atoms with Gasteiger partial charge >= 0.3 is 0 Å². The third kappa shape index (κ3) is 6.25. The largest absolute Gasteiger partial charge is 0.482 e. The maximum Gasteiger partial charge on any atom is 0.257 e. The maximum absolute atomic E-state index is 15.0. The summed E-state index contributed by atoms with van der Waals surface area (Å²) < 4.78 is 26.3. The zero-order valence-corrected chi connectivity index (χ0v) is 21.9. The predicted octanol–water partition coefficient (Wildman–Crippen LogP) is 4.23. The van der Waals surface area contributed by atoms with Gasteiger partial charge in [-0.15, -0.1) is 11.3 Å². The lowest BCUT2D eigenvalue weighted by Gasteiger charge is -2.22. The molecule has 0 fully saturated rings. The number of ether oxygens (including phenoxy) is 2. The van der Waals surface area contributed by atoms with Crippen LogP contribution in [0.3, 0.4) is 0 Å². The van der Waals surface area contributed by atoms with Gasteiger partial charge < -0.3 is 24.6 Å². The van der Waals surface area contributed by atoms with E-state index in [1.165, 1.54) is 6.07 Å². The summed E-state index contributed by atoms with van der Waals surface area (Å²) in [6.45, 7) is 2.21. The smallest absolute Gasteiger partial charge is 0.257 e. The summed E-state index contributed by atoms with van der Waals surface area (Å²) in [5, 5.41) is 5.11. The molecule has 3 heterocycles. The number of methoxy groups -OCH3 is 1. The molecule has 1 aromatic carbocycles. The van der Waals surface area contributed by atoms with E-state index in [0.717, 1.165) is 23.5 Å². The Hall–Kier alpha value is -2.82. The number of fused-ring (bicyclic) bond motifs is 1. The van der Waals surface area contributed by atoms with E-state index in [-0.39, 0.29) is 31.3 Å². The van der Waals surface area contributed by atoms with Crippen molar-refractivity contribution in [3.63, 3.8) is 0 Å². The monoisotopic (exact) mass is 518 g/mol. The van der Waals surface area contributed by atoms with Crippen molar-refractivity contribution in [2.45, 2.75) is 19.1 Å². The Bertz CT molecular complexity index is 1130. The maximum atomic E-state index is 15.0. The molecule has 188 valence electrons. The van der Waals surface area contributed by atoms with E-state index < -0.39 is 5.82 Å². The Labute approximate surface area is 216 Å². The van der Waals surface area contributed by atoms with Crippen LogP contribution in [0.1, 0.15) is 33.3 Å². The van der Waals surface area contributed by atoms with E-state index in [1.807, 2.05) is 42.6 Å². The predicted molar refractivity (Wildman–Crippen MR) is 142 cm³/mol. The van der Waals surface area contributed by atoms with Crippen LogP contribution in [0.15, 0.2) is 48.0 Å². The molecule has 10 heteroatoms. The first kappa shape index (κ1) is 26.8. The Morgan fingerprint density at radius 2 is 2.09 bits per heavy atom. The highest BCUT2D eigenvalue weighted by Gasteiger charge is 2.26. The standard InChI is InChI=1S/C25H29FN4O3S.H2S/c1-27-9-8-22(23-5-4-12-34-23)33-21-7-6-17(13-19(21)26)16-30-11-10-29(2)20-14-24(32-3)28-15-18(20)25(30)31;/h4-7,12-15,22,27H,8-11,16H2,1-3H3;1H2/t22-;/m0./s1. The molecular formula is C25H31FN4O3S2.